The monoisotopic (exact) mass is 360 g/mol. The zero-order valence-electron chi connectivity index (χ0n) is 13.9. The molecule has 1 aliphatic rings. The van der Waals surface area contributed by atoms with Crippen LogP contribution in [0.5, 0.6) is 0 Å². The third-order valence-corrected chi connectivity index (χ3v) is 4.07. The summed E-state index contributed by atoms with van der Waals surface area (Å²) in [6.45, 7) is 1.59. The second-order valence-electron chi connectivity index (χ2n) is 5.71. The van der Waals surface area contributed by atoms with Gasteiger partial charge in [-0.3, -0.25) is 19.7 Å². The molecule has 0 aliphatic carbocycles. The summed E-state index contributed by atoms with van der Waals surface area (Å²) >= 11 is 0. The highest BCUT2D eigenvalue weighted by Gasteiger charge is 2.43. The number of nitrogens with zero attached hydrogens (tertiary/aromatic N) is 3. The number of esters is 1. The summed E-state index contributed by atoms with van der Waals surface area (Å²) in [5.41, 5.74) is 8.50. The van der Waals surface area contributed by atoms with E-state index in [2.05, 4.69) is 10.1 Å². The summed E-state index contributed by atoms with van der Waals surface area (Å²) < 4.78 is 4.89. The van der Waals surface area contributed by atoms with E-state index in [0.29, 0.717) is 12.0 Å². The van der Waals surface area contributed by atoms with Crippen molar-refractivity contribution in [2.75, 3.05) is 0 Å². The van der Waals surface area contributed by atoms with Crippen LogP contribution in [-0.2, 0) is 25.7 Å². The lowest BCUT2D eigenvalue weighted by molar-refractivity contribution is -0.384. The van der Waals surface area contributed by atoms with Crippen LogP contribution in [0.4, 0.5) is 5.69 Å². The largest absolute Gasteiger partial charge is 0.452 e. The van der Waals surface area contributed by atoms with Crippen molar-refractivity contribution in [2.45, 2.75) is 32.4 Å². The molecule has 0 aromatic heterocycles. The fourth-order valence-electron chi connectivity index (χ4n) is 2.54. The van der Waals surface area contributed by atoms with E-state index in [1.165, 1.54) is 24.3 Å². The van der Waals surface area contributed by atoms with E-state index in [0.717, 1.165) is 0 Å². The number of non-ortho nitro benzene ring substituents is 1. The van der Waals surface area contributed by atoms with Crippen LogP contribution >= 0.6 is 0 Å². The Morgan fingerprint density at radius 2 is 2.00 bits per heavy atom. The predicted molar refractivity (Wildman–Crippen MR) is 86.9 cm³/mol. The van der Waals surface area contributed by atoms with Crippen molar-refractivity contribution in [2.24, 2.45) is 5.92 Å². The van der Waals surface area contributed by atoms with Gasteiger partial charge in [-0.15, -0.1) is 0 Å². The van der Waals surface area contributed by atoms with Crippen molar-refractivity contribution in [3.8, 4) is 0 Å². The van der Waals surface area contributed by atoms with Crippen molar-refractivity contribution in [3.05, 3.63) is 45.5 Å². The lowest BCUT2D eigenvalue weighted by atomic mass is 9.84. The van der Waals surface area contributed by atoms with E-state index >= 15 is 0 Å². The van der Waals surface area contributed by atoms with Crippen LogP contribution in [-0.4, -0.2) is 39.1 Å². The Morgan fingerprint density at radius 1 is 1.35 bits per heavy atom. The number of hydrogen-bond donors (Lipinski definition) is 1. The van der Waals surface area contributed by atoms with Crippen LogP contribution in [0.3, 0.4) is 0 Å². The molecule has 1 N–H and O–H groups in total. The lowest BCUT2D eigenvalue weighted by Crippen LogP contribution is -2.58. The Hall–Kier alpha value is -3.39. The van der Waals surface area contributed by atoms with Crippen molar-refractivity contribution in [3.63, 3.8) is 0 Å². The number of Topliss-reactive ketones (excluding diaryl/α,β-unsaturated/α-hetero) is 1. The van der Waals surface area contributed by atoms with E-state index in [-0.39, 0.29) is 30.7 Å². The van der Waals surface area contributed by atoms with Crippen molar-refractivity contribution in [1.29, 1.82) is 0 Å². The highest BCUT2D eigenvalue weighted by Crippen LogP contribution is 2.22. The van der Waals surface area contributed by atoms with Gasteiger partial charge in [0, 0.05) is 24.6 Å². The minimum absolute atomic E-state index is 0.114. The molecule has 1 heterocycles. The quantitative estimate of drug-likeness (QED) is 0.106. The fourth-order valence-corrected chi connectivity index (χ4v) is 2.54. The first-order chi connectivity index (χ1) is 12.4. The number of benzene rings is 1. The molecule has 10 heteroatoms. The number of nitro benzene ring substituents is 1. The maximum Gasteiger partial charge on any atom is 0.441 e. The van der Waals surface area contributed by atoms with E-state index in [4.69, 9.17) is 10.3 Å². The average molecular weight is 360 g/mol. The van der Waals surface area contributed by atoms with E-state index in [1.807, 2.05) is 6.92 Å². The molecule has 2 unspecified atom stereocenters. The number of hydrogen-bond acceptors (Lipinski definition) is 6. The van der Waals surface area contributed by atoms with Gasteiger partial charge < -0.3 is 15.6 Å². The van der Waals surface area contributed by atoms with Gasteiger partial charge >= 0.3 is 11.7 Å². The molecule has 0 spiro atoms. The molecule has 136 valence electrons. The summed E-state index contributed by atoms with van der Waals surface area (Å²) in [6.07, 6.45) is 0.385. The van der Waals surface area contributed by atoms with Crippen molar-refractivity contribution < 1.29 is 28.8 Å². The maximum absolute atomic E-state index is 12.1. The summed E-state index contributed by atoms with van der Waals surface area (Å²) in [5, 5.41) is 13.2. The molecular formula is C16H16N4O6. The summed E-state index contributed by atoms with van der Waals surface area (Å²) in [5.74, 6) is -2.78. The number of nitro groups is 1. The van der Waals surface area contributed by atoms with E-state index in [9.17, 15) is 24.5 Å². The van der Waals surface area contributed by atoms with Gasteiger partial charge in [0.15, 0.2) is 0 Å². The zero-order valence-corrected chi connectivity index (χ0v) is 13.9. The Kier molecular flexibility index (Phi) is 5.92. The standard InChI is InChI=1S/C16H16N4O6/c1-2-12-11(15(22)18-12)7-13(21)14(19-17)16(23)26-8-9-3-5-10(6-4-9)20(24)25/h3-6,11-12H,2,7-8H2,1H3,(H,18,22). The Bertz CT molecular complexity index is 797. The maximum atomic E-state index is 12.1. The second-order valence-corrected chi connectivity index (χ2v) is 5.71. The number of β-lactam (4-membered cyclic amide) rings is 1. The molecule has 10 nitrogen and oxygen atoms in total. The molecule has 0 radical (unpaired) electrons. The molecule has 1 aromatic rings. The highest BCUT2D eigenvalue weighted by molar-refractivity contribution is 6.62. The summed E-state index contributed by atoms with van der Waals surface area (Å²) in [4.78, 5) is 48.2. The molecule has 2 atom stereocenters. The molecule has 1 aromatic carbocycles. The number of ether oxygens (including phenoxy) is 1. The molecule has 1 aliphatic heterocycles. The van der Waals surface area contributed by atoms with Crippen LogP contribution in [0.25, 0.3) is 5.53 Å². The number of rotatable bonds is 8. The first-order valence-electron chi connectivity index (χ1n) is 7.83. The van der Waals surface area contributed by atoms with Crippen LogP contribution in [0, 0.1) is 16.0 Å². The van der Waals surface area contributed by atoms with Crippen LogP contribution in [0.2, 0.25) is 0 Å². The normalized spacial score (nSPS) is 18.1. The van der Waals surface area contributed by atoms with Crippen molar-refractivity contribution in [1.82, 2.24) is 5.32 Å². The number of nitrogens with one attached hydrogen (secondary N) is 1. The molecule has 0 saturated carbocycles. The number of amides is 1. The lowest BCUT2D eigenvalue weighted by Gasteiger charge is -2.35. The third kappa shape index (κ3) is 4.17. The Balaban J connectivity index is 1.93. The zero-order chi connectivity index (χ0) is 19.3. The first-order valence-corrected chi connectivity index (χ1v) is 7.83. The van der Waals surface area contributed by atoms with Crippen LogP contribution < -0.4 is 5.32 Å². The van der Waals surface area contributed by atoms with E-state index < -0.39 is 28.3 Å². The Labute approximate surface area is 147 Å². The van der Waals surface area contributed by atoms with Gasteiger partial charge in [-0.1, -0.05) is 6.92 Å². The predicted octanol–water partition coefficient (Wildman–Crippen LogP) is 0.793. The highest BCUT2D eigenvalue weighted by atomic mass is 16.6. The third-order valence-electron chi connectivity index (χ3n) is 4.07. The molecule has 0 bridgehead atoms. The van der Waals surface area contributed by atoms with Gasteiger partial charge in [-0.25, -0.2) is 4.79 Å². The molecular weight excluding hydrogens is 344 g/mol. The summed E-state index contributed by atoms with van der Waals surface area (Å²) in [7, 11) is 0. The number of carbonyl (C=O) groups is 3. The van der Waals surface area contributed by atoms with Crippen molar-refractivity contribution >= 4 is 29.1 Å². The minimum atomic E-state index is -1.14. The van der Waals surface area contributed by atoms with Gasteiger partial charge in [0.1, 0.15) is 6.61 Å². The molecule has 1 saturated heterocycles. The average Bonchev–Trinajstić information content (AvgIpc) is 2.63. The summed E-state index contributed by atoms with van der Waals surface area (Å²) in [6, 6.07) is 5.13. The molecule has 1 amide bonds. The smallest absolute Gasteiger partial charge is 0.441 e. The second kappa shape index (κ2) is 8.13. The molecule has 2 rings (SSSR count). The Morgan fingerprint density at radius 3 is 2.50 bits per heavy atom. The van der Waals surface area contributed by atoms with Gasteiger partial charge in [0.05, 0.1) is 10.8 Å². The van der Waals surface area contributed by atoms with Gasteiger partial charge in [0.25, 0.3) is 11.5 Å². The SMILES string of the molecule is CCC1NC(=O)C1CC(=O)C(=[N+]=[N-])C(=O)OCc1ccc([N+](=O)[O-])cc1. The minimum Gasteiger partial charge on any atom is -0.452 e. The van der Waals surface area contributed by atoms with Gasteiger partial charge in [0.2, 0.25) is 5.91 Å². The first kappa shape index (κ1) is 18.9. The fraction of sp³-hybridized carbons (Fsp3) is 0.375. The van der Waals surface area contributed by atoms with Gasteiger partial charge in [-0.05, 0) is 24.1 Å². The topological polar surface area (TPSA) is 152 Å². The molecule has 1 fully saturated rings. The van der Waals surface area contributed by atoms with Crippen LogP contribution in [0.1, 0.15) is 25.3 Å². The molecule has 26 heavy (non-hydrogen) atoms. The number of carbonyl (C=O) groups excluding carboxylic acids is 3. The van der Waals surface area contributed by atoms with Gasteiger partial charge in [-0.2, -0.15) is 4.79 Å². The van der Waals surface area contributed by atoms with Crippen LogP contribution in [0.15, 0.2) is 24.3 Å². The number of ketones is 1. The van der Waals surface area contributed by atoms with E-state index in [1.54, 1.807) is 0 Å².